The molecule has 1 amide bonds. The van der Waals surface area contributed by atoms with Crippen LogP contribution in [0.1, 0.15) is 39.0 Å². The van der Waals surface area contributed by atoms with Gasteiger partial charge in [-0.15, -0.1) is 0 Å². The van der Waals surface area contributed by atoms with Gasteiger partial charge in [-0.3, -0.25) is 9.78 Å². The van der Waals surface area contributed by atoms with E-state index < -0.39 is 5.41 Å². The molecule has 0 aliphatic heterocycles. The smallest absolute Gasteiger partial charge is 0.230 e. The second-order valence-corrected chi connectivity index (χ2v) is 4.38. The van der Waals surface area contributed by atoms with Crippen LogP contribution in [0.3, 0.4) is 0 Å². The van der Waals surface area contributed by atoms with Gasteiger partial charge in [0.05, 0.1) is 5.41 Å². The summed E-state index contributed by atoms with van der Waals surface area (Å²) >= 11 is 0. The van der Waals surface area contributed by atoms with Crippen molar-refractivity contribution in [3.05, 3.63) is 29.6 Å². The third-order valence-corrected chi connectivity index (χ3v) is 2.81. The average Bonchev–Trinajstić information content (AvgIpc) is 2.29. The maximum Gasteiger partial charge on any atom is 0.230 e. The fourth-order valence-electron chi connectivity index (χ4n) is 1.52. The molecule has 0 saturated heterocycles. The van der Waals surface area contributed by atoms with Crippen molar-refractivity contribution in [1.29, 1.82) is 0 Å². The zero-order chi connectivity index (χ0) is 12.2. The number of likely N-dealkylation sites (N-methyl/N-ethyl adjacent to an activating group) is 1. The van der Waals surface area contributed by atoms with Crippen LogP contribution in [0, 0.1) is 0 Å². The molecule has 88 valence electrons. The SMILES string of the molecule is CCNC(=O)C(C)(C)c1ccc(CC)nc1. The quantitative estimate of drug-likeness (QED) is 0.844. The van der Waals surface area contributed by atoms with Gasteiger partial charge in [-0.2, -0.15) is 0 Å². The Kier molecular flexibility index (Phi) is 4.05. The second kappa shape index (κ2) is 5.10. The van der Waals surface area contributed by atoms with Crippen molar-refractivity contribution in [3.63, 3.8) is 0 Å². The topological polar surface area (TPSA) is 42.0 Å². The van der Waals surface area contributed by atoms with Gasteiger partial charge in [0.1, 0.15) is 0 Å². The third-order valence-electron chi connectivity index (χ3n) is 2.81. The van der Waals surface area contributed by atoms with Gasteiger partial charge in [0.2, 0.25) is 5.91 Å². The molecular weight excluding hydrogens is 200 g/mol. The van der Waals surface area contributed by atoms with Crippen molar-refractivity contribution >= 4 is 5.91 Å². The maximum atomic E-state index is 11.9. The van der Waals surface area contributed by atoms with E-state index in [2.05, 4.69) is 17.2 Å². The van der Waals surface area contributed by atoms with Gasteiger partial charge in [0.15, 0.2) is 0 Å². The van der Waals surface area contributed by atoms with Crippen LogP contribution in [0.4, 0.5) is 0 Å². The molecule has 1 heterocycles. The van der Waals surface area contributed by atoms with Crippen LogP contribution in [-0.4, -0.2) is 17.4 Å². The predicted octanol–water partition coefficient (Wildman–Crippen LogP) is 2.06. The van der Waals surface area contributed by atoms with Crippen LogP contribution >= 0.6 is 0 Å². The number of nitrogens with one attached hydrogen (secondary N) is 1. The first-order valence-electron chi connectivity index (χ1n) is 5.76. The van der Waals surface area contributed by atoms with Gasteiger partial charge < -0.3 is 5.32 Å². The van der Waals surface area contributed by atoms with E-state index in [1.807, 2.05) is 32.9 Å². The van der Waals surface area contributed by atoms with Gasteiger partial charge in [-0.05, 0) is 38.8 Å². The lowest BCUT2D eigenvalue weighted by atomic mass is 9.84. The summed E-state index contributed by atoms with van der Waals surface area (Å²) in [6.07, 6.45) is 2.72. The zero-order valence-corrected chi connectivity index (χ0v) is 10.5. The van der Waals surface area contributed by atoms with Crippen LogP contribution in [0.5, 0.6) is 0 Å². The number of nitrogens with zero attached hydrogens (tertiary/aromatic N) is 1. The minimum absolute atomic E-state index is 0.0426. The first kappa shape index (κ1) is 12.7. The molecule has 0 aliphatic rings. The Hall–Kier alpha value is -1.38. The summed E-state index contributed by atoms with van der Waals surface area (Å²) in [4.78, 5) is 16.2. The monoisotopic (exact) mass is 220 g/mol. The predicted molar refractivity (Wildman–Crippen MR) is 65.3 cm³/mol. The van der Waals surface area contributed by atoms with Crippen LogP contribution in [0.2, 0.25) is 0 Å². The molecular formula is C13H20N2O. The maximum absolute atomic E-state index is 11.9. The number of aryl methyl sites for hydroxylation is 1. The summed E-state index contributed by atoms with van der Waals surface area (Å²) < 4.78 is 0. The average molecular weight is 220 g/mol. The molecule has 1 rings (SSSR count). The molecule has 0 aromatic carbocycles. The Bertz CT molecular complexity index is 355. The van der Waals surface area contributed by atoms with E-state index in [4.69, 9.17) is 0 Å². The van der Waals surface area contributed by atoms with Gasteiger partial charge in [-0.1, -0.05) is 13.0 Å². The summed E-state index contributed by atoms with van der Waals surface area (Å²) in [5, 5.41) is 2.85. The highest BCUT2D eigenvalue weighted by atomic mass is 16.2. The van der Waals surface area contributed by atoms with Crippen LogP contribution in [0.25, 0.3) is 0 Å². The Morgan fingerprint density at radius 1 is 1.38 bits per heavy atom. The Morgan fingerprint density at radius 2 is 2.06 bits per heavy atom. The number of amides is 1. The molecule has 0 saturated carbocycles. The molecule has 0 atom stereocenters. The van der Waals surface area contributed by atoms with Crippen LogP contribution < -0.4 is 5.32 Å². The molecule has 3 heteroatoms. The van der Waals surface area contributed by atoms with Gasteiger partial charge in [0.25, 0.3) is 0 Å². The van der Waals surface area contributed by atoms with E-state index in [9.17, 15) is 4.79 Å². The van der Waals surface area contributed by atoms with E-state index in [0.717, 1.165) is 17.7 Å². The van der Waals surface area contributed by atoms with E-state index in [0.29, 0.717) is 6.54 Å². The van der Waals surface area contributed by atoms with Crippen LogP contribution in [-0.2, 0) is 16.6 Å². The minimum Gasteiger partial charge on any atom is -0.356 e. The second-order valence-electron chi connectivity index (χ2n) is 4.38. The molecule has 16 heavy (non-hydrogen) atoms. The van der Waals surface area contributed by atoms with Crippen LogP contribution in [0.15, 0.2) is 18.3 Å². The number of carbonyl (C=O) groups excluding carboxylic acids is 1. The molecule has 1 N–H and O–H groups in total. The highest BCUT2D eigenvalue weighted by molar-refractivity contribution is 5.87. The highest BCUT2D eigenvalue weighted by Crippen LogP contribution is 2.22. The third kappa shape index (κ3) is 2.60. The molecule has 1 aromatic heterocycles. The molecule has 0 bridgehead atoms. The molecule has 3 nitrogen and oxygen atoms in total. The Balaban J connectivity index is 2.93. The van der Waals surface area contributed by atoms with Crippen molar-refractivity contribution in [2.24, 2.45) is 0 Å². The number of aromatic nitrogens is 1. The molecule has 0 radical (unpaired) electrons. The van der Waals surface area contributed by atoms with Crippen molar-refractivity contribution < 1.29 is 4.79 Å². The number of carbonyl (C=O) groups is 1. The lowest BCUT2D eigenvalue weighted by Gasteiger charge is -2.23. The van der Waals surface area contributed by atoms with Crippen molar-refractivity contribution in [2.45, 2.75) is 39.5 Å². The van der Waals surface area contributed by atoms with Crippen molar-refractivity contribution in [3.8, 4) is 0 Å². The number of hydrogen-bond acceptors (Lipinski definition) is 2. The number of pyridine rings is 1. The van der Waals surface area contributed by atoms with E-state index in [1.54, 1.807) is 6.20 Å². The van der Waals surface area contributed by atoms with Crippen molar-refractivity contribution in [2.75, 3.05) is 6.54 Å². The fourth-order valence-corrected chi connectivity index (χ4v) is 1.52. The summed E-state index contributed by atoms with van der Waals surface area (Å²) in [6, 6.07) is 3.97. The normalized spacial score (nSPS) is 11.2. The summed E-state index contributed by atoms with van der Waals surface area (Å²) in [5.41, 5.74) is 1.49. The van der Waals surface area contributed by atoms with E-state index in [1.165, 1.54) is 0 Å². The van der Waals surface area contributed by atoms with Crippen molar-refractivity contribution in [1.82, 2.24) is 10.3 Å². The molecule has 0 fully saturated rings. The Morgan fingerprint density at radius 3 is 2.50 bits per heavy atom. The molecule has 0 aliphatic carbocycles. The first-order chi connectivity index (χ1) is 7.52. The zero-order valence-electron chi connectivity index (χ0n) is 10.5. The molecule has 0 unspecified atom stereocenters. The first-order valence-corrected chi connectivity index (χ1v) is 5.76. The number of hydrogen-bond donors (Lipinski definition) is 1. The summed E-state index contributed by atoms with van der Waals surface area (Å²) in [7, 11) is 0. The van der Waals surface area contributed by atoms with E-state index >= 15 is 0 Å². The molecule has 0 spiro atoms. The summed E-state index contributed by atoms with van der Waals surface area (Å²) in [6.45, 7) is 8.48. The van der Waals surface area contributed by atoms with E-state index in [-0.39, 0.29) is 5.91 Å². The molecule has 1 aromatic rings. The minimum atomic E-state index is -0.519. The lowest BCUT2D eigenvalue weighted by Crippen LogP contribution is -2.40. The standard InChI is InChI=1S/C13H20N2O/c1-5-11-8-7-10(9-15-11)13(3,4)12(16)14-6-2/h7-9H,5-6H2,1-4H3,(H,14,16). The fraction of sp³-hybridized carbons (Fsp3) is 0.538. The van der Waals surface area contributed by atoms with Gasteiger partial charge in [0, 0.05) is 18.4 Å². The number of rotatable bonds is 4. The highest BCUT2D eigenvalue weighted by Gasteiger charge is 2.29. The lowest BCUT2D eigenvalue weighted by molar-refractivity contribution is -0.125. The van der Waals surface area contributed by atoms with Gasteiger partial charge >= 0.3 is 0 Å². The Labute approximate surface area is 97.3 Å². The largest absolute Gasteiger partial charge is 0.356 e. The van der Waals surface area contributed by atoms with Gasteiger partial charge in [-0.25, -0.2) is 0 Å². The summed E-state index contributed by atoms with van der Waals surface area (Å²) in [5.74, 6) is 0.0426.